The van der Waals surface area contributed by atoms with E-state index in [0.717, 1.165) is 17.8 Å². The normalized spacial score (nSPS) is 18.4. The van der Waals surface area contributed by atoms with E-state index in [1.807, 2.05) is 46.2 Å². The molecule has 0 spiro atoms. The second-order valence-corrected chi connectivity index (χ2v) is 5.13. The number of hydrogen-bond donors (Lipinski definition) is 1. The Bertz CT molecular complexity index is 631. The highest BCUT2D eigenvalue weighted by molar-refractivity contribution is 6.30. The van der Waals surface area contributed by atoms with Crippen LogP contribution in [0.3, 0.4) is 0 Å². The van der Waals surface area contributed by atoms with Gasteiger partial charge in [-0.3, -0.25) is 9.67 Å². The molecule has 1 aliphatic heterocycles. The summed E-state index contributed by atoms with van der Waals surface area (Å²) in [6, 6.07) is 7.71. The molecular weight excluding hydrogens is 274 g/mol. The third kappa shape index (κ3) is 2.25. The molecule has 1 aliphatic rings. The Hall–Kier alpha value is -2.01. The van der Waals surface area contributed by atoms with E-state index in [2.05, 4.69) is 17.0 Å². The highest BCUT2D eigenvalue weighted by Crippen LogP contribution is 2.31. The maximum absolute atomic E-state index is 6.03. The third-order valence-corrected chi connectivity index (χ3v) is 3.70. The number of anilines is 1. The molecule has 20 heavy (non-hydrogen) atoms. The summed E-state index contributed by atoms with van der Waals surface area (Å²) in [5.74, 6) is 0.529. The van der Waals surface area contributed by atoms with Crippen molar-refractivity contribution in [1.82, 2.24) is 9.78 Å². The SMILES string of the molecule is CCn1cc(C2CN=C(N)N2c2ccc(Cl)cc2)cn1. The average molecular weight is 290 g/mol. The summed E-state index contributed by atoms with van der Waals surface area (Å²) < 4.78 is 1.91. The maximum atomic E-state index is 6.03. The van der Waals surface area contributed by atoms with E-state index in [0.29, 0.717) is 17.5 Å². The van der Waals surface area contributed by atoms with Crippen LogP contribution in [0.2, 0.25) is 5.02 Å². The molecule has 1 aromatic carbocycles. The smallest absolute Gasteiger partial charge is 0.196 e. The maximum Gasteiger partial charge on any atom is 0.196 e. The summed E-state index contributed by atoms with van der Waals surface area (Å²) in [6.45, 7) is 3.56. The number of aromatic nitrogens is 2. The molecule has 1 atom stereocenters. The van der Waals surface area contributed by atoms with Gasteiger partial charge in [0.2, 0.25) is 0 Å². The van der Waals surface area contributed by atoms with Crippen molar-refractivity contribution < 1.29 is 0 Å². The molecule has 1 unspecified atom stereocenters. The molecule has 0 amide bonds. The molecule has 0 bridgehead atoms. The molecule has 5 nitrogen and oxygen atoms in total. The van der Waals surface area contributed by atoms with Gasteiger partial charge in [-0.25, -0.2) is 0 Å². The van der Waals surface area contributed by atoms with Gasteiger partial charge in [-0.15, -0.1) is 0 Å². The largest absolute Gasteiger partial charge is 0.369 e. The van der Waals surface area contributed by atoms with Crippen molar-refractivity contribution in [1.29, 1.82) is 0 Å². The van der Waals surface area contributed by atoms with Crippen LogP contribution in [-0.2, 0) is 6.54 Å². The van der Waals surface area contributed by atoms with Gasteiger partial charge in [-0.05, 0) is 31.2 Å². The van der Waals surface area contributed by atoms with Gasteiger partial charge < -0.3 is 10.6 Å². The fourth-order valence-electron chi connectivity index (χ4n) is 2.39. The van der Waals surface area contributed by atoms with E-state index in [4.69, 9.17) is 17.3 Å². The second kappa shape index (κ2) is 5.17. The number of hydrogen-bond acceptors (Lipinski definition) is 4. The summed E-state index contributed by atoms with van der Waals surface area (Å²) in [7, 11) is 0. The van der Waals surface area contributed by atoms with Crippen LogP contribution in [0.1, 0.15) is 18.5 Å². The zero-order chi connectivity index (χ0) is 14.1. The van der Waals surface area contributed by atoms with Crippen molar-refractivity contribution in [3.63, 3.8) is 0 Å². The van der Waals surface area contributed by atoms with E-state index in [9.17, 15) is 0 Å². The first-order valence-electron chi connectivity index (χ1n) is 6.56. The Morgan fingerprint density at radius 2 is 2.10 bits per heavy atom. The Kier molecular flexibility index (Phi) is 3.36. The number of aliphatic imine (C=N–C) groups is 1. The number of halogens is 1. The predicted molar refractivity (Wildman–Crippen MR) is 81.1 cm³/mol. The van der Waals surface area contributed by atoms with Crippen molar-refractivity contribution in [3.8, 4) is 0 Å². The van der Waals surface area contributed by atoms with E-state index >= 15 is 0 Å². The Morgan fingerprint density at radius 3 is 2.75 bits per heavy atom. The minimum atomic E-state index is 0.0940. The van der Waals surface area contributed by atoms with Gasteiger partial charge in [0, 0.05) is 29.0 Å². The standard InChI is InChI=1S/C14H16ClN5/c1-2-19-9-10(7-18-19)13-8-17-14(16)20(13)12-5-3-11(15)4-6-12/h3-7,9,13H,2,8H2,1H3,(H2,16,17). The van der Waals surface area contributed by atoms with Crippen LogP contribution in [0.4, 0.5) is 5.69 Å². The molecule has 104 valence electrons. The summed E-state index contributed by atoms with van der Waals surface area (Å²) >= 11 is 5.94. The van der Waals surface area contributed by atoms with Crippen LogP contribution in [-0.4, -0.2) is 22.3 Å². The molecular formula is C14H16ClN5. The van der Waals surface area contributed by atoms with Gasteiger partial charge in [-0.2, -0.15) is 5.10 Å². The second-order valence-electron chi connectivity index (χ2n) is 4.69. The molecule has 2 N–H and O–H groups in total. The number of nitrogens with zero attached hydrogens (tertiary/aromatic N) is 4. The molecule has 0 saturated carbocycles. The van der Waals surface area contributed by atoms with E-state index in [1.165, 1.54) is 0 Å². The van der Waals surface area contributed by atoms with Gasteiger partial charge in [-0.1, -0.05) is 11.6 Å². The van der Waals surface area contributed by atoms with Crippen molar-refractivity contribution in [2.45, 2.75) is 19.5 Å². The number of rotatable bonds is 3. The van der Waals surface area contributed by atoms with Crippen molar-refractivity contribution in [2.75, 3.05) is 11.4 Å². The lowest BCUT2D eigenvalue weighted by Crippen LogP contribution is -2.35. The zero-order valence-electron chi connectivity index (χ0n) is 11.2. The van der Waals surface area contributed by atoms with E-state index < -0.39 is 0 Å². The van der Waals surface area contributed by atoms with Gasteiger partial charge in [0.1, 0.15) is 0 Å². The number of nitrogens with two attached hydrogens (primary N) is 1. The molecule has 0 saturated heterocycles. The molecule has 0 aliphatic carbocycles. The summed E-state index contributed by atoms with van der Waals surface area (Å²) in [4.78, 5) is 6.38. The quantitative estimate of drug-likeness (QED) is 0.944. The molecule has 2 heterocycles. The van der Waals surface area contributed by atoms with Gasteiger partial charge in [0.25, 0.3) is 0 Å². The van der Waals surface area contributed by atoms with Crippen molar-refractivity contribution >= 4 is 23.2 Å². The molecule has 2 aromatic rings. The minimum Gasteiger partial charge on any atom is -0.369 e. The van der Waals surface area contributed by atoms with Gasteiger partial charge in [0.05, 0.1) is 18.8 Å². The Balaban J connectivity index is 1.93. The van der Waals surface area contributed by atoms with Crippen LogP contribution < -0.4 is 10.6 Å². The average Bonchev–Trinajstić information content (AvgIpc) is 3.06. The molecule has 0 radical (unpaired) electrons. The first kappa shape index (κ1) is 13.0. The zero-order valence-corrected chi connectivity index (χ0v) is 12.0. The first-order chi connectivity index (χ1) is 9.69. The Labute approximate surface area is 122 Å². The highest BCUT2D eigenvalue weighted by Gasteiger charge is 2.29. The van der Waals surface area contributed by atoms with E-state index in [1.54, 1.807) is 0 Å². The van der Waals surface area contributed by atoms with Crippen LogP contribution in [0.15, 0.2) is 41.7 Å². The van der Waals surface area contributed by atoms with Crippen LogP contribution >= 0.6 is 11.6 Å². The van der Waals surface area contributed by atoms with Crippen LogP contribution in [0.5, 0.6) is 0 Å². The number of guanidine groups is 1. The highest BCUT2D eigenvalue weighted by atomic mass is 35.5. The van der Waals surface area contributed by atoms with E-state index in [-0.39, 0.29) is 6.04 Å². The van der Waals surface area contributed by atoms with Crippen molar-refractivity contribution in [3.05, 3.63) is 47.2 Å². The molecule has 1 aromatic heterocycles. The fraction of sp³-hybridized carbons (Fsp3) is 0.286. The summed E-state index contributed by atoms with van der Waals surface area (Å²) in [6.07, 6.45) is 3.92. The van der Waals surface area contributed by atoms with Crippen molar-refractivity contribution in [2.24, 2.45) is 10.7 Å². The Morgan fingerprint density at radius 1 is 1.35 bits per heavy atom. The summed E-state index contributed by atoms with van der Waals surface area (Å²) in [5.41, 5.74) is 8.14. The third-order valence-electron chi connectivity index (χ3n) is 3.45. The fourth-order valence-corrected chi connectivity index (χ4v) is 2.52. The minimum absolute atomic E-state index is 0.0940. The summed E-state index contributed by atoms with van der Waals surface area (Å²) in [5, 5.41) is 5.03. The molecule has 6 heteroatoms. The topological polar surface area (TPSA) is 59.4 Å². The van der Waals surface area contributed by atoms with Gasteiger partial charge >= 0.3 is 0 Å². The lowest BCUT2D eigenvalue weighted by atomic mass is 10.1. The first-order valence-corrected chi connectivity index (χ1v) is 6.94. The monoisotopic (exact) mass is 289 g/mol. The molecule has 0 fully saturated rings. The lowest BCUT2D eigenvalue weighted by molar-refractivity contribution is 0.657. The number of aryl methyl sites for hydroxylation is 1. The van der Waals surface area contributed by atoms with Crippen LogP contribution in [0, 0.1) is 0 Å². The van der Waals surface area contributed by atoms with Gasteiger partial charge in [0.15, 0.2) is 5.96 Å². The molecule has 3 rings (SSSR count). The number of benzene rings is 1. The lowest BCUT2D eigenvalue weighted by Gasteiger charge is -2.25. The predicted octanol–water partition coefficient (Wildman–Crippen LogP) is 2.43. The van der Waals surface area contributed by atoms with Crippen LogP contribution in [0.25, 0.3) is 0 Å².